The van der Waals surface area contributed by atoms with Crippen LogP contribution >= 0.6 is 0 Å². The molecule has 1 aromatic carbocycles. The summed E-state index contributed by atoms with van der Waals surface area (Å²) >= 11 is 0. The van der Waals surface area contributed by atoms with E-state index in [0.717, 1.165) is 30.5 Å². The summed E-state index contributed by atoms with van der Waals surface area (Å²) in [5.41, 5.74) is 2.16. The molecule has 106 valence electrons. The molecule has 0 aromatic heterocycles. The highest BCUT2D eigenvalue weighted by molar-refractivity contribution is 7.91. The van der Waals surface area contributed by atoms with Crippen molar-refractivity contribution in [2.75, 3.05) is 12.3 Å². The minimum Gasteiger partial charge on any atom is -0.313 e. The van der Waals surface area contributed by atoms with Gasteiger partial charge in [0.2, 0.25) is 0 Å². The molecule has 0 amide bonds. The molecule has 3 nitrogen and oxygen atoms in total. The Morgan fingerprint density at radius 3 is 2.47 bits per heavy atom. The Kier molecular flexibility index (Phi) is 4.31. The fraction of sp³-hybridized carbons (Fsp3) is 0.600. The smallest absolute Gasteiger partial charge is 0.179 e. The molecule has 1 aromatic rings. The minimum atomic E-state index is -3.19. The third-order valence-corrected chi connectivity index (χ3v) is 5.66. The van der Waals surface area contributed by atoms with E-state index in [-0.39, 0.29) is 11.8 Å². The van der Waals surface area contributed by atoms with Gasteiger partial charge >= 0.3 is 0 Å². The van der Waals surface area contributed by atoms with E-state index in [0.29, 0.717) is 10.8 Å². The van der Waals surface area contributed by atoms with Crippen LogP contribution in [0.15, 0.2) is 23.1 Å². The average molecular weight is 281 g/mol. The summed E-state index contributed by atoms with van der Waals surface area (Å²) in [5, 5.41) is 3.32. The highest BCUT2D eigenvalue weighted by atomic mass is 32.2. The highest BCUT2D eigenvalue weighted by Crippen LogP contribution is 2.34. The molecule has 1 saturated carbocycles. The van der Waals surface area contributed by atoms with Gasteiger partial charge in [-0.25, -0.2) is 8.42 Å². The van der Waals surface area contributed by atoms with Crippen molar-refractivity contribution in [3.8, 4) is 0 Å². The van der Waals surface area contributed by atoms with Gasteiger partial charge in [-0.1, -0.05) is 13.0 Å². The summed E-state index contributed by atoms with van der Waals surface area (Å²) in [7, 11) is -3.19. The molecule has 1 aliphatic carbocycles. The van der Waals surface area contributed by atoms with Gasteiger partial charge in [0.25, 0.3) is 0 Å². The first-order valence-corrected chi connectivity index (χ1v) is 8.62. The van der Waals surface area contributed by atoms with Crippen molar-refractivity contribution < 1.29 is 8.42 Å². The Morgan fingerprint density at radius 1 is 1.26 bits per heavy atom. The molecule has 0 heterocycles. The lowest BCUT2D eigenvalue weighted by molar-refractivity contribution is 0.502. The fourth-order valence-corrected chi connectivity index (χ4v) is 4.05. The van der Waals surface area contributed by atoms with Crippen LogP contribution in [-0.4, -0.2) is 26.8 Å². The first-order valence-electron chi connectivity index (χ1n) is 6.97. The van der Waals surface area contributed by atoms with Crippen LogP contribution < -0.4 is 5.32 Å². The Labute approximate surface area is 116 Å². The SMILES string of the molecule is CCNC(CS(=O)(=O)c1ccc(C)c(C)c1)C1CC1. The molecule has 0 radical (unpaired) electrons. The minimum absolute atomic E-state index is 0.108. The van der Waals surface area contributed by atoms with Crippen molar-refractivity contribution in [1.29, 1.82) is 0 Å². The van der Waals surface area contributed by atoms with Crippen LogP contribution in [0.3, 0.4) is 0 Å². The standard InChI is InChI=1S/C15H23NO2S/c1-4-16-15(13-6-7-13)10-19(17,18)14-8-5-11(2)12(3)9-14/h5,8-9,13,15-16H,4,6-7,10H2,1-3H3. The van der Waals surface area contributed by atoms with Crippen molar-refractivity contribution >= 4 is 9.84 Å². The number of benzene rings is 1. The van der Waals surface area contributed by atoms with Gasteiger partial charge in [0.1, 0.15) is 0 Å². The molecule has 4 heteroatoms. The third-order valence-electron chi connectivity index (χ3n) is 3.89. The number of rotatable bonds is 6. The van der Waals surface area contributed by atoms with Gasteiger partial charge in [-0.05, 0) is 62.4 Å². The lowest BCUT2D eigenvalue weighted by atomic mass is 10.1. The van der Waals surface area contributed by atoms with Crippen LogP contribution in [0, 0.1) is 19.8 Å². The molecule has 1 unspecified atom stereocenters. The maximum Gasteiger partial charge on any atom is 0.179 e. The van der Waals surface area contributed by atoms with Gasteiger partial charge in [-0.2, -0.15) is 0 Å². The number of sulfone groups is 1. The largest absolute Gasteiger partial charge is 0.313 e. The number of aryl methyl sites for hydroxylation is 2. The van der Waals surface area contributed by atoms with Crippen molar-refractivity contribution in [3.05, 3.63) is 29.3 Å². The second kappa shape index (κ2) is 5.63. The molecule has 0 aliphatic heterocycles. The second-order valence-corrected chi connectivity index (χ2v) is 7.56. The molecule has 1 aliphatic rings. The normalized spacial score (nSPS) is 17.4. The molecule has 0 bridgehead atoms. The van der Waals surface area contributed by atoms with E-state index in [2.05, 4.69) is 5.32 Å². The first kappa shape index (κ1) is 14.5. The van der Waals surface area contributed by atoms with Crippen LogP contribution in [0.25, 0.3) is 0 Å². The van der Waals surface area contributed by atoms with E-state index >= 15 is 0 Å². The zero-order valence-corrected chi connectivity index (χ0v) is 12.8. The Morgan fingerprint density at radius 2 is 1.95 bits per heavy atom. The van der Waals surface area contributed by atoms with Gasteiger partial charge in [0.05, 0.1) is 10.6 Å². The monoisotopic (exact) mass is 281 g/mol. The molecule has 1 atom stereocenters. The van der Waals surface area contributed by atoms with E-state index in [1.54, 1.807) is 12.1 Å². The summed E-state index contributed by atoms with van der Waals surface area (Å²) in [6, 6.07) is 5.52. The summed E-state index contributed by atoms with van der Waals surface area (Å²) < 4.78 is 24.9. The van der Waals surface area contributed by atoms with Gasteiger partial charge in [-0.3, -0.25) is 0 Å². The Bertz CT molecular complexity index is 547. The molecule has 2 rings (SSSR count). The van der Waals surface area contributed by atoms with Crippen LogP contribution in [-0.2, 0) is 9.84 Å². The molecule has 0 saturated heterocycles. The topological polar surface area (TPSA) is 46.2 Å². The fourth-order valence-electron chi connectivity index (χ4n) is 2.36. The summed E-state index contributed by atoms with van der Waals surface area (Å²) in [6.07, 6.45) is 2.31. The van der Waals surface area contributed by atoms with Crippen LogP contribution in [0.2, 0.25) is 0 Å². The summed E-state index contributed by atoms with van der Waals surface area (Å²) in [6.45, 7) is 6.80. The molecule has 1 fully saturated rings. The lowest BCUT2D eigenvalue weighted by Crippen LogP contribution is -2.37. The Balaban J connectivity index is 2.18. The van der Waals surface area contributed by atoms with Crippen LogP contribution in [0.1, 0.15) is 30.9 Å². The summed E-state index contributed by atoms with van der Waals surface area (Å²) in [4.78, 5) is 0.458. The summed E-state index contributed by atoms with van der Waals surface area (Å²) in [5.74, 6) is 0.759. The molecular formula is C15H23NO2S. The first-order chi connectivity index (χ1) is 8.94. The van der Waals surface area contributed by atoms with Gasteiger partial charge in [0.15, 0.2) is 9.84 Å². The quantitative estimate of drug-likeness (QED) is 0.871. The molecular weight excluding hydrogens is 258 g/mol. The van der Waals surface area contributed by atoms with Crippen molar-refractivity contribution in [2.24, 2.45) is 5.92 Å². The van der Waals surface area contributed by atoms with Crippen LogP contribution in [0.4, 0.5) is 0 Å². The van der Waals surface area contributed by atoms with Gasteiger partial charge < -0.3 is 5.32 Å². The van der Waals surface area contributed by atoms with Gasteiger partial charge in [0, 0.05) is 6.04 Å². The van der Waals surface area contributed by atoms with E-state index in [9.17, 15) is 8.42 Å². The molecule has 0 spiro atoms. The molecule has 1 N–H and O–H groups in total. The number of hydrogen-bond donors (Lipinski definition) is 1. The maximum atomic E-state index is 12.5. The zero-order valence-electron chi connectivity index (χ0n) is 11.9. The predicted octanol–water partition coefficient (Wildman–Crippen LogP) is 2.47. The van der Waals surface area contributed by atoms with Crippen LogP contribution in [0.5, 0.6) is 0 Å². The lowest BCUT2D eigenvalue weighted by Gasteiger charge is -2.17. The Hall–Kier alpha value is -0.870. The maximum absolute atomic E-state index is 12.5. The van der Waals surface area contributed by atoms with Crippen molar-refractivity contribution in [1.82, 2.24) is 5.32 Å². The van der Waals surface area contributed by atoms with E-state index in [1.165, 1.54) is 0 Å². The van der Waals surface area contributed by atoms with Gasteiger partial charge in [-0.15, -0.1) is 0 Å². The van der Waals surface area contributed by atoms with Crippen molar-refractivity contribution in [2.45, 2.75) is 44.6 Å². The third kappa shape index (κ3) is 3.57. The number of hydrogen-bond acceptors (Lipinski definition) is 3. The molecule has 19 heavy (non-hydrogen) atoms. The predicted molar refractivity (Wildman–Crippen MR) is 78.2 cm³/mol. The highest BCUT2D eigenvalue weighted by Gasteiger charge is 2.34. The van der Waals surface area contributed by atoms with E-state index in [1.807, 2.05) is 26.8 Å². The van der Waals surface area contributed by atoms with E-state index < -0.39 is 9.84 Å². The van der Waals surface area contributed by atoms with E-state index in [4.69, 9.17) is 0 Å². The zero-order chi connectivity index (χ0) is 14.0. The van der Waals surface area contributed by atoms with Crippen molar-refractivity contribution in [3.63, 3.8) is 0 Å². The average Bonchev–Trinajstić information content (AvgIpc) is 3.16. The second-order valence-electron chi connectivity index (χ2n) is 5.53. The number of nitrogens with one attached hydrogen (secondary N) is 1.